The standard InChI is InChI=1S/C7H6BrN5/c8-5-4-10-6(9)7(12-5)13-3-1-2-11-13/h1-4H,(H2,9,10). The number of hydrogen-bond acceptors (Lipinski definition) is 4. The Morgan fingerprint density at radius 1 is 1.46 bits per heavy atom. The summed E-state index contributed by atoms with van der Waals surface area (Å²) in [6.45, 7) is 0. The lowest BCUT2D eigenvalue weighted by atomic mass is 10.6. The van der Waals surface area contributed by atoms with Crippen molar-refractivity contribution in [3.05, 3.63) is 29.3 Å². The fourth-order valence-electron chi connectivity index (χ4n) is 0.931. The minimum absolute atomic E-state index is 0.354. The van der Waals surface area contributed by atoms with Gasteiger partial charge in [0.25, 0.3) is 0 Å². The molecule has 0 radical (unpaired) electrons. The molecule has 5 nitrogen and oxygen atoms in total. The fourth-order valence-corrected chi connectivity index (χ4v) is 1.20. The first-order valence-corrected chi connectivity index (χ1v) is 4.35. The van der Waals surface area contributed by atoms with Crippen molar-refractivity contribution in [2.24, 2.45) is 0 Å². The summed E-state index contributed by atoms with van der Waals surface area (Å²) >= 11 is 3.21. The zero-order valence-corrected chi connectivity index (χ0v) is 8.14. The Morgan fingerprint density at radius 2 is 2.31 bits per heavy atom. The highest BCUT2D eigenvalue weighted by Gasteiger charge is 2.04. The molecule has 0 unspecified atom stereocenters. The Balaban J connectivity index is 2.57. The smallest absolute Gasteiger partial charge is 0.197 e. The molecular formula is C7H6BrN5. The Morgan fingerprint density at radius 3 is 3.00 bits per heavy atom. The first-order chi connectivity index (χ1) is 6.27. The van der Waals surface area contributed by atoms with Crippen LogP contribution in [-0.4, -0.2) is 19.7 Å². The molecule has 6 heteroatoms. The second-order valence-corrected chi connectivity index (χ2v) is 3.16. The quantitative estimate of drug-likeness (QED) is 0.807. The van der Waals surface area contributed by atoms with Gasteiger partial charge in [0.05, 0.1) is 6.20 Å². The Hall–Kier alpha value is -1.43. The van der Waals surface area contributed by atoms with Crippen molar-refractivity contribution in [2.75, 3.05) is 5.73 Å². The van der Waals surface area contributed by atoms with Gasteiger partial charge in [-0.15, -0.1) is 0 Å². The summed E-state index contributed by atoms with van der Waals surface area (Å²) in [6.07, 6.45) is 4.96. The second-order valence-electron chi connectivity index (χ2n) is 2.35. The molecule has 0 fully saturated rings. The van der Waals surface area contributed by atoms with E-state index >= 15 is 0 Å². The highest BCUT2D eigenvalue weighted by atomic mass is 79.9. The van der Waals surface area contributed by atoms with Crippen molar-refractivity contribution in [2.45, 2.75) is 0 Å². The van der Waals surface area contributed by atoms with Gasteiger partial charge < -0.3 is 5.73 Å². The van der Waals surface area contributed by atoms with Crippen molar-refractivity contribution >= 4 is 21.7 Å². The van der Waals surface area contributed by atoms with Gasteiger partial charge in [0.2, 0.25) is 0 Å². The number of aromatic nitrogens is 4. The van der Waals surface area contributed by atoms with E-state index in [0.717, 1.165) is 0 Å². The highest BCUT2D eigenvalue weighted by molar-refractivity contribution is 9.10. The number of nitrogen functional groups attached to an aromatic ring is 1. The fraction of sp³-hybridized carbons (Fsp3) is 0. The molecule has 0 saturated heterocycles. The van der Waals surface area contributed by atoms with Gasteiger partial charge in [0.1, 0.15) is 4.60 Å². The molecule has 66 valence electrons. The largest absolute Gasteiger partial charge is 0.381 e. The lowest BCUT2D eigenvalue weighted by Crippen LogP contribution is -2.05. The molecule has 0 amide bonds. The molecule has 0 aliphatic rings. The number of nitrogens with two attached hydrogens (primary N) is 1. The molecule has 2 heterocycles. The van der Waals surface area contributed by atoms with Gasteiger partial charge in [-0.2, -0.15) is 5.10 Å². The minimum atomic E-state index is 0.354. The van der Waals surface area contributed by atoms with Crippen molar-refractivity contribution in [1.82, 2.24) is 19.7 Å². The van der Waals surface area contributed by atoms with Crippen LogP contribution < -0.4 is 5.73 Å². The van der Waals surface area contributed by atoms with E-state index in [9.17, 15) is 0 Å². The molecule has 0 aromatic carbocycles. The van der Waals surface area contributed by atoms with E-state index < -0.39 is 0 Å². The van der Waals surface area contributed by atoms with Crippen LogP contribution in [0.5, 0.6) is 0 Å². The van der Waals surface area contributed by atoms with E-state index in [4.69, 9.17) is 5.73 Å². The number of halogens is 1. The van der Waals surface area contributed by atoms with Gasteiger partial charge in [-0.25, -0.2) is 14.6 Å². The maximum absolute atomic E-state index is 5.63. The van der Waals surface area contributed by atoms with E-state index in [1.807, 2.05) is 0 Å². The van der Waals surface area contributed by atoms with E-state index in [1.165, 1.54) is 0 Å². The average Bonchev–Trinajstić information content (AvgIpc) is 2.61. The Labute approximate surface area is 82.7 Å². The van der Waals surface area contributed by atoms with Crippen molar-refractivity contribution in [1.29, 1.82) is 0 Å². The van der Waals surface area contributed by atoms with Crippen LogP contribution >= 0.6 is 15.9 Å². The molecule has 2 aromatic heterocycles. The zero-order valence-electron chi connectivity index (χ0n) is 6.55. The molecule has 2 rings (SSSR count). The maximum Gasteiger partial charge on any atom is 0.197 e. The third-order valence-corrected chi connectivity index (χ3v) is 1.86. The van der Waals surface area contributed by atoms with E-state index in [2.05, 4.69) is 31.0 Å². The van der Waals surface area contributed by atoms with Gasteiger partial charge >= 0.3 is 0 Å². The number of hydrogen-bond donors (Lipinski definition) is 1. The van der Waals surface area contributed by atoms with E-state index in [0.29, 0.717) is 16.2 Å². The van der Waals surface area contributed by atoms with E-state index in [1.54, 1.807) is 29.3 Å². The van der Waals surface area contributed by atoms with Crippen LogP contribution in [-0.2, 0) is 0 Å². The highest BCUT2D eigenvalue weighted by Crippen LogP contribution is 2.13. The summed E-state index contributed by atoms with van der Waals surface area (Å²) in [5, 5.41) is 4.00. The Bertz CT molecular complexity index is 411. The Kier molecular flexibility index (Phi) is 1.97. The molecule has 2 N–H and O–H groups in total. The molecule has 0 bridgehead atoms. The molecule has 0 spiro atoms. The SMILES string of the molecule is Nc1ncc(Br)nc1-n1cccn1. The number of nitrogens with zero attached hydrogens (tertiary/aromatic N) is 4. The predicted molar refractivity (Wildman–Crippen MR) is 51.3 cm³/mol. The minimum Gasteiger partial charge on any atom is -0.381 e. The average molecular weight is 240 g/mol. The lowest BCUT2D eigenvalue weighted by Gasteiger charge is -2.02. The summed E-state index contributed by atoms with van der Waals surface area (Å²) in [4.78, 5) is 8.09. The molecule has 0 aliphatic carbocycles. The predicted octanol–water partition coefficient (Wildman–Crippen LogP) is 1.01. The van der Waals surface area contributed by atoms with Crippen molar-refractivity contribution in [3.63, 3.8) is 0 Å². The van der Waals surface area contributed by atoms with Crippen molar-refractivity contribution in [3.8, 4) is 5.82 Å². The summed E-state index contributed by atoms with van der Waals surface area (Å²) in [5.74, 6) is 0.881. The normalized spacial score (nSPS) is 10.2. The number of rotatable bonds is 1. The maximum atomic E-state index is 5.63. The van der Waals surface area contributed by atoms with Crippen molar-refractivity contribution < 1.29 is 0 Å². The van der Waals surface area contributed by atoms with Gasteiger partial charge in [-0.3, -0.25) is 0 Å². The third-order valence-electron chi connectivity index (χ3n) is 1.47. The van der Waals surface area contributed by atoms with Crippen LogP contribution in [0, 0.1) is 0 Å². The van der Waals surface area contributed by atoms with Gasteiger partial charge in [0.15, 0.2) is 11.6 Å². The number of anilines is 1. The molecular weight excluding hydrogens is 234 g/mol. The molecule has 0 aliphatic heterocycles. The monoisotopic (exact) mass is 239 g/mol. The molecule has 0 atom stereocenters. The first-order valence-electron chi connectivity index (χ1n) is 3.55. The van der Waals surface area contributed by atoms with Crippen LogP contribution in [0.4, 0.5) is 5.82 Å². The van der Waals surface area contributed by atoms with E-state index in [-0.39, 0.29) is 0 Å². The topological polar surface area (TPSA) is 69.6 Å². The summed E-state index contributed by atoms with van der Waals surface area (Å²) in [5.41, 5.74) is 5.63. The van der Waals surface area contributed by atoms with Gasteiger partial charge in [-0.05, 0) is 22.0 Å². The summed E-state index contributed by atoms with van der Waals surface area (Å²) in [7, 11) is 0. The summed E-state index contributed by atoms with van der Waals surface area (Å²) < 4.78 is 2.19. The van der Waals surface area contributed by atoms with Crippen LogP contribution in [0.1, 0.15) is 0 Å². The zero-order chi connectivity index (χ0) is 9.26. The lowest BCUT2D eigenvalue weighted by molar-refractivity contribution is 0.838. The van der Waals surface area contributed by atoms with Crippen LogP contribution in [0.3, 0.4) is 0 Å². The van der Waals surface area contributed by atoms with Gasteiger partial charge in [0, 0.05) is 12.4 Å². The van der Waals surface area contributed by atoms with Gasteiger partial charge in [-0.1, -0.05) is 0 Å². The van der Waals surface area contributed by atoms with Crippen LogP contribution in [0.25, 0.3) is 5.82 Å². The first kappa shape index (κ1) is 8.18. The van der Waals surface area contributed by atoms with Crippen LogP contribution in [0.2, 0.25) is 0 Å². The summed E-state index contributed by atoms with van der Waals surface area (Å²) in [6, 6.07) is 1.79. The second kappa shape index (κ2) is 3.14. The third kappa shape index (κ3) is 1.52. The van der Waals surface area contributed by atoms with Crippen LogP contribution in [0.15, 0.2) is 29.3 Å². The molecule has 2 aromatic rings. The molecule has 13 heavy (non-hydrogen) atoms. The molecule has 0 saturated carbocycles.